The molecule has 172 valence electrons. The van der Waals surface area contributed by atoms with Crippen LogP contribution in [0.3, 0.4) is 0 Å². The molecule has 0 aromatic heterocycles. The van der Waals surface area contributed by atoms with E-state index in [0.717, 1.165) is 65.2 Å². The molecule has 1 atom stereocenters. The van der Waals surface area contributed by atoms with Crippen molar-refractivity contribution in [3.8, 4) is 0 Å². The molecule has 10 heteroatoms. The Bertz CT molecular complexity index is 481. The number of hydroxylamine groups is 2. The van der Waals surface area contributed by atoms with Gasteiger partial charge in [-0.15, -0.1) is 42.3 Å². The monoisotopic (exact) mass is 474 g/mol. The summed E-state index contributed by atoms with van der Waals surface area (Å²) in [6.07, 6.45) is 4.56. The Morgan fingerprint density at radius 3 is 1.93 bits per heavy atom. The fourth-order valence-electron chi connectivity index (χ4n) is 4.58. The van der Waals surface area contributed by atoms with E-state index in [1.165, 1.54) is 12.8 Å². The first kappa shape index (κ1) is 28.9. The van der Waals surface area contributed by atoms with Crippen LogP contribution in [0.4, 0.5) is 0 Å². The Morgan fingerprint density at radius 1 is 0.897 bits per heavy atom. The van der Waals surface area contributed by atoms with Crippen molar-refractivity contribution >= 4 is 49.0 Å². The Morgan fingerprint density at radius 2 is 1.41 bits per heavy atom. The molecule has 3 heterocycles. The number of hydrogen-bond donors (Lipinski definition) is 2. The van der Waals surface area contributed by atoms with E-state index in [9.17, 15) is 9.59 Å². The smallest absolute Gasteiger partial charge is 0.325 e. The standard InChI is InChI=1S/C19H34N4O3.3ClH/c1-15(24)18(16-2-6-20-7-3-16)14-19(25)26-23-12-10-22(11-13-23)17-4-8-21-9-5-17;;;/h16-18,20-21H,2-14H2,1H3;3*1H. The number of nitrogens with zero attached hydrogens (tertiary/aromatic N) is 2. The van der Waals surface area contributed by atoms with E-state index >= 15 is 0 Å². The number of nitrogens with one attached hydrogen (secondary N) is 2. The van der Waals surface area contributed by atoms with Gasteiger partial charge in [-0.2, -0.15) is 0 Å². The van der Waals surface area contributed by atoms with Gasteiger partial charge < -0.3 is 15.5 Å². The Balaban J connectivity index is 0.00000261. The molecule has 2 N–H and O–H groups in total. The molecular weight excluding hydrogens is 439 g/mol. The SMILES string of the molecule is CC(=O)C(CC(=O)ON1CCN(C2CCNCC2)CC1)C1CCNCC1.Cl.Cl.Cl. The lowest BCUT2D eigenvalue weighted by Gasteiger charge is -2.40. The summed E-state index contributed by atoms with van der Waals surface area (Å²) in [5.41, 5.74) is 0. The number of rotatable bonds is 6. The number of carbonyl (C=O) groups excluding carboxylic acids is 2. The van der Waals surface area contributed by atoms with Gasteiger partial charge in [-0.25, -0.2) is 0 Å². The van der Waals surface area contributed by atoms with E-state index in [1.54, 1.807) is 12.0 Å². The van der Waals surface area contributed by atoms with Gasteiger partial charge in [-0.3, -0.25) is 14.5 Å². The van der Waals surface area contributed by atoms with Crippen LogP contribution >= 0.6 is 37.2 Å². The molecule has 0 saturated carbocycles. The molecule has 0 aliphatic carbocycles. The maximum Gasteiger partial charge on any atom is 0.325 e. The first-order valence-electron chi connectivity index (χ1n) is 10.2. The van der Waals surface area contributed by atoms with E-state index in [1.807, 2.05) is 0 Å². The van der Waals surface area contributed by atoms with E-state index < -0.39 is 0 Å². The van der Waals surface area contributed by atoms with Crippen LogP contribution in [0, 0.1) is 11.8 Å². The molecule has 0 spiro atoms. The number of carbonyl (C=O) groups is 2. The van der Waals surface area contributed by atoms with Gasteiger partial charge in [0.05, 0.1) is 6.42 Å². The van der Waals surface area contributed by atoms with Gasteiger partial charge in [0.25, 0.3) is 0 Å². The molecule has 3 rings (SSSR count). The Labute approximate surface area is 193 Å². The molecule has 3 fully saturated rings. The molecule has 3 aliphatic rings. The fraction of sp³-hybridized carbons (Fsp3) is 0.895. The molecule has 0 bridgehead atoms. The second-order valence-electron chi connectivity index (χ2n) is 7.92. The number of halogens is 3. The topological polar surface area (TPSA) is 73.9 Å². The van der Waals surface area contributed by atoms with Gasteiger partial charge in [0.2, 0.25) is 0 Å². The van der Waals surface area contributed by atoms with Crippen molar-refractivity contribution in [2.45, 2.75) is 45.1 Å². The normalized spacial score (nSPS) is 23.1. The number of hydrogen-bond acceptors (Lipinski definition) is 7. The zero-order chi connectivity index (χ0) is 18.4. The lowest BCUT2D eigenvalue weighted by Crippen LogP contribution is -2.53. The minimum atomic E-state index is -0.251. The van der Waals surface area contributed by atoms with Crippen LogP contribution in [0.25, 0.3) is 0 Å². The summed E-state index contributed by atoms with van der Waals surface area (Å²) >= 11 is 0. The number of piperazine rings is 1. The zero-order valence-electron chi connectivity index (χ0n) is 17.3. The molecule has 0 aromatic carbocycles. The van der Waals surface area contributed by atoms with Crippen LogP contribution in [0.15, 0.2) is 0 Å². The van der Waals surface area contributed by atoms with Crippen molar-refractivity contribution in [2.24, 2.45) is 11.8 Å². The Kier molecular flexibility index (Phi) is 14.7. The quantitative estimate of drug-likeness (QED) is 0.605. The summed E-state index contributed by atoms with van der Waals surface area (Å²) in [5.74, 6) is -0.0256. The van der Waals surface area contributed by atoms with E-state index in [2.05, 4.69) is 15.5 Å². The van der Waals surface area contributed by atoms with E-state index in [0.29, 0.717) is 12.0 Å². The second-order valence-corrected chi connectivity index (χ2v) is 7.92. The van der Waals surface area contributed by atoms with Gasteiger partial charge in [0.1, 0.15) is 5.78 Å². The van der Waals surface area contributed by atoms with Gasteiger partial charge in [0.15, 0.2) is 0 Å². The van der Waals surface area contributed by atoms with Crippen molar-refractivity contribution < 1.29 is 14.4 Å². The predicted molar refractivity (Wildman–Crippen MR) is 121 cm³/mol. The molecule has 1 unspecified atom stereocenters. The summed E-state index contributed by atoms with van der Waals surface area (Å²) < 4.78 is 0. The van der Waals surface area contributed by atoms with Crippen molar-refractivity contribution in [3.05, 3.63) is 0 Å². The molecule has 3 saturated heterocycles. The number of piperidine rings is 2. The third-order valence-electron chi connectivity index (χ3n) is 6.19. The summed E-state index contributed by atoms with van der Waals surface area (Å²) in [5, 5.41) is 8.51. The van der Waals surface area contributed by atoms with E-state index in [4.69, 9.17) is 4.84 Å². The van der Waals surface area contributed by atoms with Gasteiger partial charge in [-0.05, 0) is 64.7 Å². The predicted octanol–water partition coefficient (Wildman–Crippen LogP) is 1.67. The molecule has 3 aliphatic heterocycles. The third-order valence-corrected chi connectivity index (χ3v) is 6.19. The Hall–Kier alpha value is -0.150. The fourth-order valence-corrected chi connectivity index (χ4v) is 4.58. The molecule has 7 nitrogen and oxygen atoms in total. The lowest BCUT2D eigenvalue weighted by molar-refractivity contribution is -0.200. The zero-order valence-corrected chi connectivity index (χ0v) is 19.7. The highest BCUT2D eigenvalue weighted by atomic mass is 35.5. The number of ketones is 1. The first-order chi connectivity index (χ1) is 12.6. The largest absolute Gasteiger partial charge is 0.368 e. The molecule has 0 aromatic rings. The molecule has 29 heavy (non-hydrogen) atoms. The highest BCUT2D eigenvalue weighted by molar-refractivity contribution is 5.86. The van der Waals surface area contributed by atoms with Crippen molar-refractivity contribution in [1.29, 1.82) is 0 Å². The van der Waals surface area contributed by atoms with Crippen LogP contribution in [0.2, 0.25) is 0 Å². The highest BCUT2D eigenvalue weighted by Gasteiger charge is 2.31. The summed E-state index contributed by atoms with van der Waals surface area (Å²) in [6, 6.07) is 0.663. The molecule has 0 radical (unpaired) electrons. The highest BCUT2D eigenvalue weighted by Crippen LogP contribution is 2.26. The summed E-state index contributed by atoms with van der Waals surface area (Å²) in [4.78, 5) is 32.5. The maximum absolute atomic E-state index is 12.4. The van der Waals surface area contributed by atoms with Crippen LogP contribution in [0.1, 0.15) is 39.0 Å². The van der Waals surface area contributed by atoms with Crippen molar-refractivity contribution in [3.63, 3.8) is 0 Å². The van der Waals surface area contributed by atoms with Crippen LogP contribution in [0.5, 0.6) is 0 Å². The van der Waals surface area contributed by atoms with E-state index in [-0.39, 0.29) is 61.3 Å². The molecule has 0 amide bonds. The minimum absolute atomic E-state index is 0. The van der Waals surface area contributed by atoms with Crippen LogP contribution in [-0.4, -0.2) is 80.1 Å². The average Bonchev–Trinajstić information content (AvgIpc) is 2.68. The average molecular weight is 476 g/mol. The first-order valence-corrected chi connectivity index (χ1v) is 10.2. The summed E-state index contributed by atoms with van der Waals surface area (Å²) in [6.45, 7) is 9.08. The van der Waals surface area contributed by atoms with Gasteiger partial charge in [0, 0.05) is 38.1 Å². The van der Waals surface area contributed by atoms with Crippen LogP contribution < -0.4 is 10.6 Å². The minimum Gasteiger partial charge on any atom is -0.368 e. The van der Waals surface area contributed by atoms with Crippen molar-refractivity contribution in [2.75, 3.05) is 52.4 Å². The molecular formula is C19H37Cl3N4O3. The third kappa shape index (κ3) is 8.85. The lowest BCUT2D eigenvalue weighted by atomic mass is 9.80. The van der Waals surface area contributed by atoms with Gasteiger partial charge in [-0.1, -0.05) is 0 Å². The maximum atomic E-state index is 12.4. The second kappa shape index (κ2) is 14.8. The van der Waals surface area contributed by atoms with Gasteiger partial charge >= 0.3 is 5.97 Å². The summed E-state index contributed by atoms with van der Waals surface area (Å²) in [7, 11) is 0. The van der Waals surface area contributed by atoms with Crippen molar-refractivity contribution in [1.82, 2.24) is 20.6 Å². The number of Topliss-reactive ketones (excluding diaryl/α,β-unsaturated/α-hetero) is 1. The van der Waals surface area contributed by atoms with Crippen LogP contribution in [-0.2, 0) is 14.4 Å².